The largest absolute Gasteiger partial charge is 0.478 e. The van der Waals surface area contributed by atoms with Crippen molar-refractivity contribution in [3.05, 3.63) is 45.7 Å². The van der Waals surface area contributed by atoms with Gasteiger partial charge in [-0.05, 0) is 12.1 Å². The lowest BCUT2D eigenvalue weighted by atomic mass is 10.2. The topological polar surface area (TPSA) is 129 Å². The second kappa shape index (κ2) is 5.34. The molecule has 0 aliphatic heterocycles. The van der Waals surface area contributed by atoms with E-state index in [0.29, 0.717) is 5.89 Å². The van der Waals surface area contributed by atoms with E-state index in [1.54, 1.807) is 6.92 Å². The third-order valence-corrected chi connectivity index (χ3v) is 2.32. The van der Waals surface area contributed by atoms with Crippen LogP contribution < -0.4 is 4.74 Å². The first-order valence-corrected chi connectivity index (χ1v) is 5.41. The lowest BCUT2D eigenvalue weighted by molar-refractivity contribution is -0.386. The summed E-state index contributed by atoms with van der Waals surface area (Å²) in [6.45, 7) is 1.45. The van der Waals surface area contributed by atoms with Gasteiger partial charge in [0, 0.05) is 13.0 Å². The highest BCUT2D eigenvalue weighted by Crippen LogP contribution is 2.28. The van der Waals surface area contributed by atoms with E-state index in [1.165, 1.54) is 12.1 Å². The smallest absolute Gasteiger partial charge is 0.335 e. The van der Waals surface area contributed by atoms with Gasteiger partial charge in [0.15, 0.2) is 12.4 Å². The van der Waals surface area contributed by atoms with E-state index < -0.39 is 16.6 Å². The van der Waals surface area contributed by atoms with Gasteiger partial charge in [0.1, 0.15) is 0 Å². The summed E-state index contributed by atoms with van der Waals surface area (Å²) in [6, 6.07) is 3.35. The lowest BCUT2D eigenvalue weighted by Crippen LogP contribution is -2.02. The number of hydrogen-bond donors (Lipinski definition) is 1. The summed E-state index contributed by atoms with van der Waals surface area (Å²) in [7, 11) is 0. The molecule has 2 rings (SSSR count). The van der Waals surface area contributed by atoms with Crippen LogP contribution in [0.2, 0.25) is 0 Å². The van der Waals surface area contributed by atoms with Gasteiger partial charge in [-0.3, -0.25) is 10.1 Å². The Hall–Kier alpha value is -2.97. The third-order valence-electron chi connectivity index (χ3n) is 2.32. The van der Waals surface area contributed by atoms with Crippen LogP contribution in [0.5, 0.6) is 5.75 Å². The van der Waals surface area contributed by atoms with Crippen LogP contribution in [0.4, 0.5) is 5.69 Å². The van der Waals surface area contributed by atoms with Crippen LogP contribution in [-0.2, 0) is 6.61 Å². The van der Waals surface area contributed by atoms with Crippen LogP contribution >= 0.6 is 0 Å². The number of carboxylic acid groups (broad SMARTS) is 1. The first-order valence-electron chi connectivity index (χ1n) is 5.41. The van der Waals surface area contributed by atoms with E-state index >= 15 is 0 Å². The maximum absolute atomic E-state index is 10.9. The highest BCUT2D eigenvalue weighted by atomic mass is 16.6. The first kappa shape index (κ1) is 13.5. The Labute approximate surface area is 112 Å². The molecule has 0 saturated heterocycles. The van der Waals surface area contributed by atoms with E-state index in [0.717, 1.165) is 6.07 Å². The van der Waals surface area contributed by atoms with Gasteiger partial charge in [-0.25, -0.2) is 4.79 Å². The minimum Gasteiger partial charge on any atom is -0.478 e. The summed E-state index contributed by atoms with van der Waals surface area (Å²) < 4.78 is 10.3. The number of benzene rings is 1. The van der Waals surface area contributed by atoms with Crippen molar-refractivity contribution in [3.8, 4) is 5.75 Å². The minimum atomic E-state index is -1.26. The molecule has 9 heteroatoms. The van der Waals surface area contributed by atoms with Gasteiger partial charge in [-0.1, -0.05) is 0 Å². The molecule has 1 heterocycles. The molecule has 0 aliphatic carbocycles. The Morgan fingerprint density at radius 1 is 1.50 bits per heavy atom. The standard InChI is InChI=1S/C11H9N3O6/c1-6-12-13-10(20-6)5-19-9-3-2-7(11(15)16)4-8(9)14(17)18/h2-4H,5H2,1H3,(H,15,16). The van der Waals surface area contributed by atoms with Crippen LogP contribution in [0.3, 0.4) is 0 Å². The number of aromatic carboxylic acids is 1. The van der Waals surface area contributed by atoms with Crippen LogP contribution in [0.15, 0.2) is 22.6 Å². The predicted molar refractivity (Wildman–Crippen MR) is 63.4 cm³/mol. The fourth-order valence-corrected chi connectivity index (χ4v) is 1.45. The number of aromatic nitrogens is 2. The molecule has 1 aromatic heterocycles. The van der Waals surface area contributed by atoms with E-state index in [1.807, 2.05) is 0 Å². The number of nitro groups is 1. The van der Waals surface area contributed by atoms with Crippen molar-refractivity contribution < 1.29 is 24.0 Å². The van der Waals surface area contributed by atoms with E-state index in [9.17, 15) is 14.9 Å². The third kappa shape index (κ3) is 2.88. The van der Waals surface area contributed by atoms with Crippen molar-refractivity contribution in [3.63, 3.8) is 0 Å². The summed E-state index contributed by atoms with van der Waals surface area (Å²) in [5.74, 6) is -0.818. The Balaban J connectivity index is 2.22. The van der Waals surface area contributed by atoms with Gasteiger partial charge in [-0.15, -0.1) is 10.2 Å². The number of rotatable bonds is 5. The summed E-state index contributed by atoms with van der Waals surface area (Å²) in [6.07, 6.45) is 0. The normalized spacial score (nSPS) is 10.2. The molecule has 2 aromatic rings. The molecule has 0 amide bonds. The number of hydrogen-bond acceptors (Lipinski definition) is 7. The molecule has 0 radical (unpaired) electrons. The number of carboxylic acids is 1. The quantitative estimate of drug-likeness (QED) is 0.644. The second-order valence-electron chi connectivity index (χ2n) is 3.75. The van der Waals surface area contributed by atoms with Crippen molar-refractivity contribution in [1.82, 2.24) is 10.2 Å². The van der Waals surface area contributed by atoms with Crippen molar-refractivity contribution in [1.29, 1.82) is 0 Å². The molecule has 0 saturated carbocycles. The molecular formula is C11H9N3O6. The van der Waals surface area contributed by atoms with E-state index in [2.05, 4.69) is 10.2 Å². The minimum absolute atomic E-state index is 0.0733. The summed E-state index contributed by atoms with van der Waals surface area (Å²) in [5.41, 5.74) is -0.640. The van der Waals surface area contributed by atoms with Gasteiger partial charge >= 0.3 is 11.7 Å². The Bertz CT molecular complexity index is 666. The number of nitrogens with zero attached hydrogens (tertiary/aromatic N) is 3. The molecular weight excluding hydrogens is 270 g/mol. The molecule has 0 spiro atoms. The summed E-state index contributed by atoms with van der Waals surface area (Å²) in [5, 5.41) is 27.0. The van der Waals surface area contributed by atoms with Crippen molar-refractivity contribution in [2.24, 2.45) is 0 Å². The lowest BCUT2D eigenvalue weighted by Gasteiger charge is -2.05. The van der Waals surface area contributed by atoms with Crippen molar-refractivity contribution in [2.75, 3.05) is 0 Å². The zero-order chi connectivity index (χ0) is 14.7. The molecule has 0 bridgehead atoms. The zero-order valence-electron chi connectivity index (χ0n) is 10.3. The molecule has 0 aliphatic rings. The van der Waals surface area contributed by atoms with Gasteiger partial charge in [-0.2, -0.15) is 0 Å². The SMILES string of the molecule is Cc1nnc(COc2ccc(C(=O)O)cc2[N+](=O)[O-])o1. The van der Waals surface area contributed by atoms with Crippen LogP contribution in [-0.4, -0.2) is 26.2 Å². The number of nitro benzene ring substituents is 1. The Morgan fingerprint density at radius 3 is 2.80 bits per heavy atom. The fourth-order valence-electron chi connectivity index (χ4n) is 1.45. The molecule has 9 nitrogen and oxygen atoms in total. The average molecular weight is 279 g/mol. The molecule has 0 atom stereocenters. The zero-order valence-corrected chi connectivity index (χ0v) is 10.3. The number of ether oxygens (including phenoxy) is 1. The molecule has 1 N–H and O–H groups in total. The summed E-state index contributed by atoms with van der Waals surface area (Å²) in [4.78, 5) is 20.9. The monoisotopic (exact) mass is 279 g/mol. The summed E-state index contributed by atoms with van der Waals surface area (Å²) >= 11 is 0. The van der Waals surface area contributed by atoms with Crippen LogP contribution in [0.1, 0.15) is 22.1 Å². The Morgan fingerprint density at radius 2 is 2.25 bits per heavy atom. The predicted octanol–water partition coefficient (Wildman–Crippen LogP) is 1.56. The first-order chi connectivity index (χ1) is 9.47. The van der Waals surface area contributed by atoms with Gasteiger partial charge in [0.05, 0.1) is 10.5 Å². The highest BCUT2D eigenvalue weighted by Gasteiger charge is 2.19. The van der Waals surface area contributed by atoms with Gasteiger partial charge < -0.3 is 14.3 Å². The number of carbonyl (C=O) groups is 1. The molecule has 104 valence electrons. The van der Waals surface area contributed by atoms with Crippen molar-refractivity contribution >= 4 is 11.7 Å². The maximum atomic E-state index is 10.9. The highest BCUT2D eigenvalue weighted by molar-refractivity contribution is 5.88. The van der Waals surface area contributed by atoms with Crippen LogP contribution in [0.25, 0.3) is 0 Å². The van der Waals surface area contributed by atoms with Crippen molar-refractivity contribution in [2.45, 2.75) is 13.5 Å². The number of aryl methyl sites for hydroxylation is 1. The molecule has 0 fully saturated rings. The second-order valence-corrected chi connectivity index (χ2v) is 3.75. The fraction of sp³-hybridized carbons (Fsp3) is 0.182. The van der Waals surface area contributed by atoms with E-state index in [-0.39, 0.29) is 23.8 Å². The molecule has 1 aromatic carbocycles. The van der Waals surface area contributed by atoms with Gasteiger partial charge in [0.25, 0.3) is 5.89 Å². The van der Waals surface area contributed by atoms with E-state index in [4.69, 9.17) is 14.3 Å². The maximum Gasteiger partial charge on any atom is 0.335 e. The molecule has 20 heavy (non-hydrogen) atoms. The van der Waals surface area contributed by atoms with Gasteiger partial charge in [0.2, 0.25) is 5.89 Å². The average Bonchev–Trinajstić information content (AvgIpc) is 2.81. The Kier molecular flexibility index (Phi) is 3.60. The molecule has 0 unspecified atom stereocenters. The van der Waals surface area contributed by atoms with Crippen LogP contribution in [0, 0.1) is 17.0 Å².